The SMILES string of the molecule is Cc1cc(S(=O)(=O)NC(=O)c2nnn(-c3ccc(F)cc3Cl)c2C(F)(F)F)c(C)cc1Cl. The summed E-state index contributed by atoms with van der Waals surface area (Å²) in [6, 6.07) is 4.99. The number of nitrogens with one attached hydrogen (secondary N) is 1. The Morgan fingerprint density at radius 1 is 1.06 bits per heavy atom. The van der Waals surface area contributed by atoms with Crippen LogP contribution in [0.2, 0.25) is 10.0 Å². The molecule has 7 nitrogen and oxygen atoms in total. The van der Waals surface area contributed by atoms with E-state index in [1.54, 1.807) is 4.72 Å². The lowest BCUT2D eigenvalue weighted by atomic mass is 10.2. The van der Waals surface area contributed by atoms with E-state index in [4.69, 9.17) is 23.2 Å². The summed E-state index contributed by atoms with van der Waals surface area (Å²) in [5, 5.41) is 6.31. The van der Waals surface area contributed by atoms with Gasteiger partial charge in [-0.1, -0.05) is 28.4 Å². The van der Waals surface area contributed by atoms with Crippen LogP contribution in [-0.4, -0.2) is 29.3 Å². The van der Waals surface area contributed by atoms with Crippen molar-refractivity contribution < 1.29 is 30.8 Å². The number of hydrogen-bond acceptors (Lipinski definition) is 5. The van der Waals surface area contributed by atoms with Crippen LogP contribution in [0.4, 0.5) is 17.6 Å². The molecule has 2 aromatic carbocycles. The molecule has 0 radical (unpaired) electrons. The number of hydrogen-bond donors (Lipinski definition) is 1. The van der Waals surface area contributed by atoms with Crippen LogP contribution in [0, 0.1) is 19.7 Å². The molecule has 1 N–H and O–H groups in total. The number of benzene rings is 2. The smallest absolute Gasteiger partial charge is 0.266 e. The van der Waals surface area contributed by atoms with Gasteiger partial charge in [-0.05, 0) is 55.3 Å². The Balaban J connectivity index is 2.08. The minimum absolute atomic E-state index is 0.165. The first kappa shape index (κ1) is 24.0. The van der Waals surface area contributed by atoms with Gasteiger partial charge in [0.15, 0.2) is 11.4 Å². The molecule has 3 rings (SSSR count). The van der Waals surface area contributed by atoms with Gasteiger partial charge in [-0.2, -0.15) is 13.2 Å². The molecule has 0 bridgehead atoms. The van der Waals surface area contributed by atoms with E-state index in [1.807, 2.05) is 0 Å². The third kappa shape index (κ3) is 4.57. The third-order valence-electron chi connectivity index (χ3n) is 4.26. The number of carbonyl (C=O) groups is 1. The fourth-order valence-electron chi connectivity index (χ4n) is 2.78. The lowest BCUT2D eigenvalue weighted by Gasteiger charge is -2.13. The van der Waals surface area contributed by atoms with Gasteiger partial charge < -0.3 is 0 Å². The highest BCUT2D eigenvalue weighted by molar-refractivity contribution is 7.90. The molecule has 0 aliphatic heterocycles. The number of nitrogens with zero attached hydrogens (tertiary/aromatic N) is 3. The largest absolute Gasteiger partial charge is 0.435 e. The van der Waals surface area contributed by atoms with E-state index < -0.39 is 50.0 Å². The van der Waals surface area contributed by atoms with Crippen molar-refractivity contribution in [3.05, 3.63) is 68.7 Å². The van der Waals surface area contributed by atoms with Crippen molar-refractivity contribution in [3.63, 3.8) is 0 Å². The van der Waals surface area contributed by atoms with Gasteiger partial charge in [-0.25, -0.2) is 22.2 Å². The maximum Gasteiger partial charge on any atom is 0.435 e. The van der Waals surface area contributed by atoms with Gasteiger partial charge in [0.1, 0.15) is 5.82 Å². The van der Waals surface area contributed by atoms with Crippen molar-refractivity contribution >= 4 is 39.1 Å². The molecule has 0 aliphatic rings. The second-order valence-electron chi connectivity index (χ2n) is 6.59. The fourth-order valence-corrected chi connectivity index (χ4v) is 4.51. The average molecular weight is 511 g/mol. The predicted molar refractivity (Wildman–Crippen MR) is 107 cm³/mol. The number of sulfonamides is 1. The van der Waals surface area contributed by atoms with Crippen molar-refractivity contribution in [3.8, 4) is 5.69 Å². The number of carbonyl (C=O) groups excluding carboxylic acids is 1. The number of rotatable bonds is 4. The zero-order chi connectivity index (χ0) is 24.0. The molecule has 170 valence electrons. The Kier molecular flexibility index (Phi) is 6.24. The van der Waals surface area contributed by atoms with Crippen LogP contribution in [0.5, 0.6) is 0 Å². The van der Waals surface area contributed by atoms with Crippen molar-refractivity contribution in [2.24, 2.45) is 0 Å². The summed E-state index contributed by atoms with van der Waals surface area (Å²) in [5.74, 6) is -2.49. The monoisotopic (exact) mass is 510 g/mol. The lowest BCUT2D eigenvalue weighted by molar-refractivity contribution is -0.143. The second kappa shape index (κ2) is 8.34. The first-order chi connectivity index (χ1) is 14.7. The van der Waals surface area contributed by atoms with Gasteiger partial charge in [0.2, 0.25) is 0 Å². The topological polar surface area (TPSA) is 93.9 Å². The number of halogens is 6. The van der Waals surface area contributed by atoms with Gasteiger partial charge in [0.05, 0.1) is 15.6 Å². The van der Waals surface area contributed by atoms with Crippen LogP contribution in [0.25, 0.3) is 5.69 Å². The number of aryl methyl sites for hydroxylation is 2. The molecule has 0 saturated heterocycles. The van der Waals surface area contributed by atoms with Crippen molar-refractivity contribution in [1.29, 1.82) is 0 Å². The molecular weight excluding hydrogens is 499 g/mol. The molecule has 0 fully saturated rings. The number of alkyl halides is 3. The van der Waals surface area contributed by atoms with Crippen molar-refractivity contribution in [2.75, 3.05) is 0 Å². The molecule has 1 aromatic heterocycles. The van der Waals surface area contributed by atoms with Crippen LogP contribution in [-0.2, 0) is 16.2 Å². The minimum atomic E-state index is -5.19. The summed E-state index contributed by atoms with van der Waals surface area (Å²) in [4.78, 5) is 12.2. The Bertz CT molecular complexity index is 1340. The molecular formula is C18H12Cl2F4N4O3S. The molecule has 0 aliphatic carbocycles. The van der Waals surface area contributed by atoms with E-state index in [2.05, 4.69) is 10.3 Å². The standard InChI is InChI=1S/C18H12Cl2F4N4O3S/c1-8-6-14(9(2)5-11(8)19)32(30,31)26-17(29)15-16(18(22,23)24)28(27-25-15)13-4-3-10(21)7-12(13)20/h3-7H,1-2H3,(H,26,29). The van der Waals surface area contributed by atoms with Crippen LogP contribution >= 0.6 is 23.2 Å². The third-order valence-corrected chi connectivity index (χ3v) is 6.45. The van der Waals surface area contributed by atoms with Gasteiger partial charge >= 0.3 is 6.18 Å². The molecule has 14 heteroatoms. The highest BCUT2D eigenvalue weighted by Crippen LogP contribution is 2.34. The normalized spacial score (nSPS) is 12.1. The number of amides is 1. The predicted octanol–water partition coefficient (Wildman–Crippen LogP) is 4.47. The van der Waals surface area contributed by atoms with Crippen LogP contribution in [0.1, 0.15) is 27.3 Å². The summed E-state index contributed by atoms with van der Waals surface area (Å²) < 4.78 is 81.6. The molecule has 0 spiro atoms. The van der Waals surface area contributed by atoms with E-state index in [-0.39, 0.29) is 20.2 Å². The first-order valence-corrected chi connectivity index (χ1v) is 10.8. The molecule has 1 amide bonds. The van der Waals surface area contributed by atoms with E-state index in [0.29, 0.717) is 5.56 Å². The molecule has 0 atom stereocenters. The highest BCUT2D eigenvalue weighted by Gasteiger charge is 2.43. The van der Waals surface area contributed by atoms with E-state index in [0.717, 1.165) is 18.2 Å². The minimum Gasteiger partial charge on any atom is -0.266 e. The fraction of sp³-hybridized carbons (Fsp3) is 0.167. The zero-order valence-corrected chi connectivity index (χ0v) is 18.5. The maximum absolute atomic E-state index is 13.8. The Morgan fingerprint density at radius 2 is 1.72 bits per heavy atom. The van der Waals surface area contributed by atoms with Crippen LogP contribution in [0.15, 0.2) is 35.2 Å². The Morgan fingerprint density at radius 3 is 2.31 bits per heavy atom. The Labute approximate surface area is 189 Å². The maximum atomic E-state index is 13.8. The lowest BCUT2D eigenvalue weighted by Crippen LogP contribution is -2.33. The molecule has 0 unspecified atom stereocenters. The summed E-state index contributed by atoms with van der Waals surface area (Å²) in [5.41, 5.74) is -2.89. The Hall–Kier alpha value is -2.70. The summed E-state index contributed by atoms with van der Waals surface area (Å²) in [6.45, 7) is 2.92. The van der Waals surface area contributed by atoms with Crippen molar-refractivity contribution in [1.82, 2.24) is 19.7 Å². The van der Waals surface area contributed by atoms with Gasteiger partial charge in [0, 0.05) is 5.02 Å². The van der Waals surface area contributed by atoms with Gasteiger partial charge in [-0.3, -0.25) is 4.79 Å². The number of aromatic nitrogens is 3. The molecule has 32 heavy (non-hydrogen) atoms. The average Bonchev–Trinajstić information content (AvgIpc) is 3.09. The first-order valence-electron chi connectivity index (χ1n) is 8.54. The molecule has 1 heterocycles. The summed E-state index contributed by atoms with van der Waals surface area (Å²) >= 11 is 11.7. The summed E-state index contributed by atoms with van der Waals surface area (Å²) in [6.07, 6.45) is -5.19. The van der Waals surface area contributed by atoms with Crippen LogP contribution < -0.4 is 4.72 Å². The highest BCUT2D eigenvalue weighted by atomic mass is 35.5. The van der Waals surface area contributed by atoms with Crippen LogP contribution in [0.3, 0.4) is 0 Å². The quantitative estimate of drug-likeness (QED) is 0.522. The van der Waals surface area contributed by atoms with E-state index >= 15 is 0 Å². The van der Waals surface area contributed by atoms with E-state index in [1.165, 1.54) is 26.0 Å². The van der Waals surface area contributed by atoms with Gasteiger partial charge in [0.25, 0.3) is 15.9 Å². The molecule has 0 saturated carbocycles. The zero-order valence-electron chi connectivity index (χ0n) is 16.1. The van der Waals surface area contributed by atoms with E-state index in [9.17, 15) is 30.8 Å². The summed E-state index contributed by atoms with van der Waals surface area (Å²) in [7, 11) is -4.59. The molecule has 3 aromatic rings. The van der Waals surface area contributed by atoms with Gasteiger partial charge in [-0.15, -0.1) is 5.10 Å². The second-order valence-corrected chi connectivity index (χ2v) is 9.06. The van der Waals surface area contributed by atoms with Crippen molar-refractivity contribution in [2.45, 2.75) is 24.9 Å².